The first-order chi connectivity index (χ1) is 49.5. The molecule has 0 fully saturated rings. The fourth-order valence-corrected chi connectivity index (χ4v) is 13.9. The van der Waals surface area contributed by atoms with Crippen LogP contribution in [0.1, 0.15) is 0 Å². The van der Waals surface area contributed by atoms with Crippen molar-refractivity contribution < 1.29 is 8.83 Å². The van der Waals surface area contributed by atoms with E-state index in [1.807, 2.05) is 24.3 Å². The average molecular weight is 1280 g/mol. The molecule has 0 saturated heterocycles. The second-order valence-electron chi connectivity index (χ2n) is 25.2. The van der Waals surface area contributed by atoms with E-state index < -0.39 is 0 Å². The first-order valence-electron chi connectivity index (χ1n) is 34.0. The number of benzene rings is 16. The summed E-state index contributed by atoms with van der Waals surface area (Å²) in [5.41, 5.74) is 29.1. The Bertz CT molecular complexity index is 5850. The molecule has 472 valence electrons. The zero-order valence-electron chi connectivity index (χ0n) is 54.8. The number of fused-ring (bicyclic) bond motifs is 6. The van der Waals surface area contributed by atoms with Crippen molar-refractivity contribution in [3.05, 3.63) is 400 Å². The molecule has 100 heavy (non-hydrogen) atoms. The highest BCUT2D eigenvalue weighted by molar-refractivity contribution is 6.07. The monoisotopic (exact) mass is 1280 g/mol. The van der Waals surface area contributed by atoms with E-state index in [2.05, 4.69) is 386 Å². The van der Waals surface area contributed by atoms with E-state index in [9.17, 15) is 0 Å². The minimum Gasteiger partial charge on any atom is -0.456 e. The number of para-hydroxylation sites is 2. The van der Waals surface area contributed by atoms with Gasteiger partial charge in [-0.05, 0) is 180 Å². The van der Waals surface area contributed by atoms with Gasteiger partial charge in [-0.25, -0.2) is 0 Å². The molecule has 0 radical (unpaired) electrons. The molecule has 0 aliphatic carbocycles. The molecule has 16 aromatic carbocycles. The van der Waals surface area contributed by atoms with Gasteiger partial charge in [0.15, 0.2) is 0 Å². The lowest BCUT2D eigenvalue weighted by Crippen LogP contribution is -2.10. The van der Waals surface area contributed by atoms with Crippen molar-refractivity contribution in [2.75, 3.05) is 9.80 Å². The Morgan fingerprint density at radius 1 is 0.140 bits per heavy atom. The van der Waals surface area contributed by atoms with Crippen molar-refractivity contribution >= 4 is 78.0 Å². The molecule has 0 saturated carbocycles. The lowest BCUT2D eigenvalue weighted by molar-refractivity contribution is 0.668. The van der Waals surface area contributed by atoms with Crippen LogP contribution in [0.2, 0.25) is 0 Å². The Morgan fingerprint density at radius 2 is 0.390 bits per heavy atom. The van der Waals surface area contributed by atoms with Gasteiger partial charge in [0.05, 0.1) is 0 Å². The van der Waals surface area contributed by atoms with Gasteiger partial charge in [-0.2, -0.15) is 0 Å². The zero-order chi connectivity index (χ0) is 66.6. The summed E-state index contributed by atoms with van der Waals surface area (Å²) in [7, 11) is 0. The second kappa shape index (κ2) is 27.1. The highest BCUT2D eigenvalue weighted by atomic mass is 16.3. The van der Waals surface area contributed by atoms with Crippen LogP contribution in [0.15, 0.2) is 409 Å². The van der Waals surface area contributed by atoms with Crippen molar-refractivity contribution in [2.45, 2.75) is 0 Å². The van der Waals surface area contributed by atoms with E-state index >= 15 is 0 Å². The molecular weight excluding hydrogens is 1210 g/mol. The zero-order valence-corrected chi connectivity index (χ0v) is 54.8. The SMILES string of the molecule is c1ccc(-c2ccc(-c3cccc(-c4ccc(N(c5ccc(-c6ccccc6)cc5)c5ccc6c(c5)oc5ccccc56)cc4)c3)cc2)cc1.c1ccc(-c2cccc(N(c3ccc(-c4ccc(-c5ccccc5-c5ccccc5)cc4)cc3)c3ccc4c(c3)oc3ccccc34)c2)cc1. The van der Waals surface area contributed by atoms with Gasteiger partial charge in [0.2, 0.25) is 0 Å². The van der Waals surface area contributed by atoms with Crippen molar-refractivity contribution in [3.8, 4) is 89.0 Å². The van der Waals surface area contributed by atoms with Crippen LogP contribution in [0.5, 0.6) is 0 Å². The van der Waals surface area contributed by atoms with Crippen LogP contribution in [0, 0.1) is 0 Å². The second-order valence-corrected chi connectivity index (χ2v) is 25.2. The van der Waals surface area contributed by atoms with Gasteiger partial charge in [0.25, 0.3) is 0 Å². The predicted octanol–water partition coefficient (Wildman–Crippen LogP) is 27.4. The Labute approximate surface area is 582 Å². The number of anilines is 6. The van der Waals surface area contributed by atoms with Gasteiger partial charge in [-0.3, -0.25) is 0 Å². The minimum atomic E-state index is 0.874. The summed E-state index contributed by atoms with van der Waals surface area (Å²) in [6.07, 6.45) is 0. The van der Waals surface area contributed by atoms with Crippen molar-refractivity contribution in [1.82, 2.24) is 0 Å². The average Bonchev–Trinajstić information content (AvgIpc) is 1.49. The fourth-order valence-electron chi connectivity index (χ4n) is 13.9. The van der Waals surface area contributed by atoms with E-state index in [0.717, 1.165) is 78.0 Å². The first-order valence-corrected chi connectivity index (χ1v) is 34.0. The molecule has 4 nitrogen and oxygen atoms in total. The van der Waals surface area contributed by atoms with Crippen LogP contribution >= 0.6 is 0 Å². The molecule has 0 aliphatic rings. The molecule has 2 heterocycles. The Morgan fingerprint density at radius 3 is 0.810 bits per heavy atom. The van der Waals surface area contributed by atoms with E-state index in [0.29, 0.717) is 0 Å². The lowest BCUT2D eigenvalue weighted by atomic mass is 9.93. The predicted molar refractivity (Wildman–Crippen MR) is 420 cm³/mol. The summed E-state index contributed by atoms with van der Waals surface area (Å²) in [6.45, 7) is 0. The molecular formula is C96H66N2O2. The molecule has 4 heteroatoms. The van der Waals surface area contributed by atoms with E-state index in [-0.39, 0.29) is 0 Å². The molecule has 2 aromatic heterocycles. The smallest absolute Gasteiger partial charge is 0.137 e. The molecule has 18 aromatic rings. The molecule has 0 aliphatic heterocycles. The number of hydrogen-bond donors (Lipinski definition) is 0. The van der Waals surface area contributed by atoms with Crippen LogP contribution < -0.4 is 9.80 Å². The van der Waals surface area contributed by atoms with Gasteiger partial charge in [0, 0.05) is 67.8 Å². The fraction of sp³-hybridized carbons (Fsp3) is 0. The van der Waals surface area contributed by atoms with Crippen LogP contribution in [0.25, 0.3) is 133 Å². The summed E-state index contributed by atoms with van der Waals surface area (Å²) in [5, 5.41) is 4.50. The normalized spacial score (nSPS) is 11.2. The molecule has 0 amide bonds. The number of rotatable bonds is 14. The van der Waals surface area contributed by atoms with Gasteiger partial charge in [-0.15, -0.1) is 0 Å². The summed E-state index contributed by atoms with van der Waals surface area (Å²) in [6, 6.07) is 142. The van der Waals surface area contributed by atoms with Crippen LogP contribution in [0.3, 0.4) is 0 Å². The number of hydrogen-bond acceptors (Lipinski definition) is 4. The summed E-state index contributed by atoms with van der Waals surface area (Å²) < 4.78 is 12.7. The maximum absolute atomic E-state index is 6.33. The third kappa shape index (κ3) is 12.3. The molecule has 0 spiro atoms. The van der Waals surface area contributed by atoms with Crippen molar-refractivity contribution in [1.29, 1.82) is 0 Å². The Hall–Kier alpha value is -13.3. The number of furan rings is 2. The van der Waals surface area contributed by atoms with Gasteiger partial charge < -0.3 is 18.6 Å². The van der Waals surface area contributed by atoms with Crippen LogP contribution in [-0.2, 0) is 0 Å². The molecule has 0 N–H and O–H groups in total. The van der Waals surface area contributed by atoms with E-state index in [4.69, 9.17) is 8.83 Å². The number of nitrogens with zero attached hydrogens (tertiary/aromatic N) is 2. The van der Waals surface area contributed by atoms with Gasteiger partial charge >= 0.3 is 0 Å². The third-order valence-electron chi connectivity index (χ3n) is 19.0. The van der Waals surface area contributed by atoms with E-state index in [1.54, 1.807) is 0 Å². The highest BCUT2D eigenvalue weighted by Gasteiger charge is 2.20. The van der Waals surface area contributed by atoms with Gasteiger partial charge in [0.1, 0.15) is 22.3 Å². The quantitative estimate of drug-likeness (QED) is 0.109. The topological polar surface area (TPSA) is 32.8 Å². The molecule has 0 unspecified atom stereocenters. The van der Waals surface area contributed by atoms with E-state index in [1.165, 1.54) is 89.0 Å². The molecule has 0 atom stereocenters. The minimum absolute atomic E-state index is 0.874. The largest absolute Gasteiger partial charge is 0.456 e. The Kier molecular flexibility index (Phi) is 16.4. The first kappa shape index (κ1) is 60.4. The van der Waals surface area contributed by atoms with Crippen molar-refractivity contribution in [2.24, 2.45) is 0 Å². The summed E-state index contributed by atoms with van der Waals surface area (Å²) in [4.78, 5) is 4.61. The maximum Gasteiger partial charge on any atom is 0.137 e. The molecule has 0 bridgehead atoms. The van der Waals surface area contributed by atoms with Gasteiger partial charge in [-0.1, -0.05) is 297 Å². The lowest BCUT2D eigenvalue weighted by Gasteiger charge is -2.26. The third-order valence-corrected chi connectivity index (χ3v) is 19.0. The standard InChI is InChI=1S/2C48H33NO/c1-3-12-34(13-4-1)39-16-11-17-41(32-39)49(42-30-31-46-45-20-9-10-21-47(45)50-48(46)33-42)40-28-26-36(27-29-40)35-22-24-38(25-23-35)44-19-8-7-18-43(44)37-14-5-2-6-15-37;1-3-10-34(11-4-1)36-18-20-38(21-19-36)40-14-9-15-41(32-40)39-24-28-43(29-25-39)49(42-26-22-37(23-27-42)35-12-5-2-6-13-35)44-30-31-46-45-16-7-8-17-47(45)50-48(46)33-44/h2*1-33H. The van der Waals surface area contributed by atoms with Crippen molar-refractivity contribution in [3.63, 3.8) is 0 Å². The summed E-state index contributed by atoms with van der Waals surface area (Å²) in [5.74, 6) is 0. The summed E-state index contributed by atoms with van der Waals surface area (Å²) >= 11 is 0. The van der Waals surface area contributed by atoms with Crippen LogP contribution in [-0.4, -0.2) is 0 Å². The van der Waals surface area contributed by atoms with Crippen LogP contribution in [0.4, 0.5) is 34.1 Å². The highest BCUT2D eigenvalue weighted by Crippen LogP contribution is 2.44. The Balaban J connectivity index is 0.000000150. The molecule has 18 rings (SSSR count). The maximum atomic E-state index is 6.33.